The fraction of sp³-hybridized carbons (Fsp3) is 0.391. The van der Waals surface area contributed by atoms with Crippen molar-refractivity contribution < 1.29 is 14.0 Å². The molecule has 1 saturated heterocycles. The van der Waals surface area contributed by atoms with Crippen molar-refractivity contribution in [2.75, 3.05) is 57.2 Å². The van der Waals surface area contributed by atoms with E-state index in [-0.39, 0.29) is 5.88 Å². The molecule has 12 heteroatoms. The molecule has 1 unspecified atom stereocenters. The number of aromatic nitrogens is 5. The smallest absolute Gasteiger partial charge is 0.318 e. The Morgan fingerprint density at radius 1 is 1.14 bits per heavy atom. The van der Waals surface area contributed by atoms with E-state index < -0.39 is 11.1 Å². The molecular weight excluding hydrogens is 468 g/mol. The summed E-state index contributed by atoms with van der Waals surface area (Å²) >= 11 is -1.64. The molecule has 11 nitrogen and oxygen atoms in total. The molecule has 1 aliphatic heterocycles. The number of nitrogens with zero attached hydrogens (tertiary/aromatic N) is 6. The van der Waals surface area contributed by atoms with Crippen molar-refractivity contribution in [2.45, 2.75) is 12.8 Å². The fourth-order valence-corrected chi connectivity index (χ4v) is 5.05. The number of rotatable bonds is 9. The fourth-order valence-electron chi connectivity index (χ4n) is 4.43. The number of methoxy groups -OCH3 is 2. The largest absolute Gasteiger partial charge is 0.546 e. The quantitative estimate of drug-likeness (QED) is 0.334. The van der Waals surface area contributed by atoms with Crippen LogP contribution < -0.4 is 19.7 Å². The van der Waals surface area contributed by atoms with Gasteiger partial charge in [0.25, 0.3) is 5.82 Å². The third kappa shape index (κ3) is 5.14. The van der Waals surface area contributed by atoms with E-state index in [1.165, 1.54) is 12.7 Å². The monoisotopic (exact) mass is 496 g/mol. The topological polar surface area (TPSA) is 127 Å². The van der Waals surface area contributed by atoms with Crippen LogP contribution in [-0.2, 0) is 6.42 Å². The SMILES string of the molecule is COc1cncnc1N1CCN(CCCc2c[nH]c3ccc(Nc4n[s+]([O-])nc4OC)cc23)CC1. The number of benzene rings is 1. The maximum Gasteiger partial charge on any atom is 0.318 e. The summed E-state index contributed by atoms with van der Waals surface area (Å²) in [5.41, 5.74) is 3.19. The molecule has 0 spiro atoms. The van der Waals surface area contributed by atoms with Crippen molar-refractivity contribution in [2.24, 2.45) is 0 Å². The molecule has 1 aliphatic rings. The van der Waals surface area contributed by atoms with Gasteiger partial charge in [0, 0.05) is 57.7 Å². The molecule has 35 heavy (non-hydrogen) atoms. The average molecular weight is 497 g/mol. The van der Waals surface area contributed by atoms with Crippen molar-refractivity contribution in [3.05, 3.63) is 42.5 Å². The van der Waals surface area contributed by atoms with Crippen LogP contribution in [0.4, 0.5) is 17.3 Å². The van der Waals surface area contributed by atoms with Crippen LogP contribution in [0.3, 0.4) is 0 Å². The zero-order valence-electron chi connectivity index (χ0n) is 19.7. The molecule has 3 aromatic heterocycles. The van der Waals surface area contributed by atoms with Crippen molar-refractivity contribution >= 4 is 39.4 Å². The summed E-state index contributed by atoms with van der Waals surface area (Å²) in [5, 5.41) is 4.33. The van der Waals surface area contributed by atoms with Crippen molar-refractivity contribution in [1.29, 1.82) is 0 Å². The van der Waals surface area contributed by atoms with Gasteiger partial charge in [-0.05, 0) is 43.1 Å². The molecule has 5 rings (SSSR count). The number of nitrogens with one attached hydrogen (secondary N) is 2. The lowest BCUT2D eigenvalue weighted by atomic mass is 10.1. The van der Waals surface area contributed by atoms with Crippen molar-refractivity contribution in [3.8, 4) is 11.6 Å². The van der Waals surface area contributed by atoms with Crippen LogP contribution in [0.5, 0.6) is 11.6 Å². The molecule has 1 aromatic carbocycles. The number of aromatic amines is 1. The second kappa shape index (κ2) is 10.4. The number of H-pyrrole nitrogens is 1. The van der Waals surface area contributed by atoms with Crippen LogP contribution in [0.25, 0.3) is 10.9 Å². The Morgan fingerprint density at radius 3 is 2.80 bits per heavy atom. The van der Waals surface area contributed by atoms with Crippen molar-refractivity contribution in [3.63, 3.8) is 0 Å². The van der Waals surface area contributed by atoms with Gasteiger partial charge in [-0.25, -0.2) is 9.97 Å². The predicted molar refractivity (Wildman–Crippen MR) is 134 cm³/mol. The van der Waals surface area contributed by atoms with Crippen LogP contribution in [0.1, 0.15) is 12.0 Å². The highest BCUT2D eigenvalue weighted by molar-refractivity contribution is 7.14. The number of hydrogen-bond donors (Lipinski definition) is 2. The summed E-state index contributed by atoms with van der Waals surface area (Å²) in [6.07, 6.45) is 7.40. The highest BCUT2D eigenvalue weighted by Gasteiger charge is 2.21. The van der Waals surface area contributed by atoms with Gasteiger partial charge in [0.1, 0.15) is 6.33 Å². The average Bonchev–Trinajstić information content (AvgIpc) is 3.46. The van der Waals surface area contributed by atoms with E-state index >= 15 is 0 Å². The minimum Gasteiger partial charge on any atom is -0.546 e. The Balaban J connectivity index is 1.17. The van der Waals surface area contributed by atoms with E-state index in [2.05, 4.69) is 51.1 Å². The van der Waals surface area contributed by atoms with Crippen LogP contribution in [0.15, 0.2) is 36.9 Å². The number of aryl methyl sites for hydroxylation is 1. The summed E-state index contributed by atoms with van der Waals surface area (Å²) < 4.78 is 30.0. The molecule has 4 aromatic rings. The Bertz CT molecular complexity index is 1290. The van der Waals surface area contributed by atoms with Gasteiger partial charge in [0.2, 0.25) is 0 Å². The van der Waals surface area contributed by atoms with E-state index in [1.807, 2.05) is 12.1 Å². The molecule has 0 aliphatic carbocycles. The highest BCUT2D eigenvalue weighted by Crippen LogP contribution is 2.30. The van der Waals surface area contributed by atoms with E-state index in [9.17, 15) is 4.55 Å². The van der Waals surface area contributed by atoms with Crippen LogP contribution in [0, 0.1) is 0 Å². The number of piperazine rings is 1. The first-order valence-corrected chi connectivity index (χ1v) is 12.5. The Labute approximate surface area is 206 Å². The second-order valence-corrected chi connectivity index (χ2v) is 9.14. The van der Waals surface area contributed by atoms with E-state index in [1.54, 1.807) is 19.6 Å². The third-order valence-electron chi connectivity index (χ3n) is 6.23. The van der Waals surface area contributed by atoms with Gasteiger partial charge in [-0.2, -0.15) is 0 Å². The van der Waals surface area contributed by atoms with Gasteiger partial charge in [-0.15, -0.1) is 0 Å². The Hall–Kier alpha value is -3.48. The first kappa shape index (κ1) is 23.3. The van der Waals surface area contributed by atoms with Crippen molar-refractivity contribution in [1.82, 2.24) is 28.6 Å². The third-order valence-corrected chi connectivity index (χ3v) is 6.89. The maximum atomic E-state index is 11.6. The summed E-state index contributed by atoms with van der Waals surface area (Å²) in [6, 6.07) is 6.05. The minimum absolute atomic E-state index is 0.246. The summed E-state index contributed by atoms with van der Waals surface area (Å²) in [7, 11) is 3.14. The molecule has 0 bridgehead atoms. The number of hydrogen-bond acceptors (Lipinski definition) is 10. The number of ether oxygens (including phenoxy) is 2. The lowest BCUT2D eigenvalue weighted by Crippen LogP contribution is -2.47. The zero-order valence-corrected chi connectivity index (χ0v) is 20.5. The molecule has 0 saturated carbocycles. The van der Waals surface area contributed by atoms with E-state index in [4.69, 9.17) is 9.47 Å². The second-order valence-electron chi connectivity index (χ2n) is 8.32. The molecule has 184 valence electrons. The standard InChI is InChI=1S/C23H28N8O3S/c1-33-20-14-24-15-26-22(20)31-10-8-30(9-11-31)7-3-4-16-13-25-19-6-5-17(12-18(16)19)27-21-23(34-2)29-35(32)28-21/h5-6,12-15,25H,3-4,7-11H2,1-2H3,(H,27,28). The van der Waals surface area contributed by atoms with Crippen LogP contribution >= 0.6 is 11.1 Å². The van der Waals surface area contributed by atoms with Gasteiger partial charge < -0.3 is 29.2 Å². The van der Waals surface area contributed by atoms with E-state index in [0.29, 0.717) is 11.6 Å². The lowest BCUT2D eigenvalue weighted by molar-refractivity contribution is 0.253. The molecule has 4 heterocycles. The molecule has 0 amide bonds. The van der Waals surface area contributed by atoms with Gasteiger partial charge in [0.05, 0.1) is 20.4 Å². The van der Waals surface area contributed by atoms with Gasteiger partial charge >= 0.3 is 5.88 Å². The van der Waals surface area contributed by atoms with Gasteiger partial charge in [0.15, 0.2) is 22.7 Å². The highest BCUT2D eigenvalue weighted by atomic mass is 32.2. The minimum atomic E-state index is -1.64. The first-order chi connectivity index (χ1) is 17.1. The van der Waals surface area contributed by atoms with Crippen LogP contribution in [-0.4, -0.2) is 80.1 Å². The summed E-state index contributed by atoms with van der Waals surface area (Å²) in [5.74, 6) is 2.20. The summed E-state index contributed by atoms with van der Waals surface area (Å²) in [6.45, 7) is 4.84. The summed E-state index contributed by atoms with van der Waals surface area (Å²) in [4.78, 5) is 16.6. The Morgan fingerprint density at radius 2 is 2.00 bits per heavy atom. The molecular formula is C23H28N8O3S. The molecule has 0 radical (unpaired) electrons. The molecule has 1 atom stereocenters. The molecule has 1 fully saturated rings. The van der Waals surface area contributed by atoms with Crippen LogP contribution in [0.2, 0.25) is 0 Å². The molecule has 2 N–H and O–H groups in total. The zero-order chi connectivity index (χ0) is 24.2. The van der Waals surface area contributed by atoms with Gasteiger partial charge in [-0.1, -0.05) is 0 Å². The maximum absolute atomic E-state index is 11.6. The van der Waals surface area contributed by atoms with E-state index in [0.717, 1.165) is 68.0 Å². The predicted octanol–water partition coefficient (Wildman–Crippen LogP) is 2.99. The number of fused-ring (bicyclic) bond motifs is 1. The number of anilines is 3. The Kier molecular flexibility index (Phi) is 6.93. The van der Waals surface area contributed by atoms with Gasteiger partial charge in [-0.3, -0.25) is 4.90 Å². The lowest BCUT2D eigenvalue weighted by Gasteiger charge is -2.35. The first-order valence-electron chi connectivity index (χ1n) is 11.5. The normalized spacial score (nSPS) is 14.9.